The fourth-order valence-corrected chi connectivity index (χ4v) is 0.889. The van der Waals surface area contributed by atoms with Gasteiger partial charge in [0, 0.05) is 12.1 Å². The number of azo groups is 1. The van der Waals surface area contributed by atoms with Crippen LogP contribution in [0.5, 0.6) is 0 Å². The fourth-order valence-electron chi connectivity index (χ4n) is 0.686. The molecule has 0 radical (unpaired) electrons. The second-order valence-corrected chi connectivity index (χ2v) is 2.37. The van der Waals surface area contributed by atoms with Gasteiger partial charge in [-0.25, -0.2) is 0 Å². The molecule has 0 aromatic heterocycles. The van der Waals surface area contributed by atoms with Gasteiger partial charge in [-0.15, -0.1) is 0 Å². The maximum atomic E-state index is 11.0. The largest absolute Gasteiger partial charge is 0.594 e. The van der Waals surface area contributed by atoms with E-state index in [4.69, 9.17) is 0 Å². The Morgan fingerprint density at radius 1 is 1.36 bits per heavy atom. The van der Waals surface area contributed by atoms with Gasteiger partial charge in [-0.3, -0.25) is 0 Å². The molecule has 0 aliphatic carbocycles. The molecule has 11 heavy (non-hydrogen) atoms. The molecule has 0 saturated carbocycles. The normalized spacial score (nSPS) is 11.5. The van der Waals surface area contributed by atoms with Gasteiger partial charge in [0.2, 0.25) is 5.69 Å². The van der Waals surface area contributed by atoms with Crippen molar-refractivity contribution in [2.75, 3.05) is 5.45 Å². The van der Waals surface area contributed by atoms with Crippen LogP contribution in [0.4, 0.5) is 5.69 Å². The number of nitrogens with zero attached hydrogens (tertiary/aromatic N) is 2. The lowest BCUT2D eigenvalue weighted by Crippen LogP contribution is -1.89. The van der Waals surface area contributed by atoms with Crippen molar-refractivity contribution in [1.82, 2.24) is 0 Å². The van der Waals surface area contributed by atoms with Crippen LogP contribution in [0.2, 0.25) is 0 Å². The smallest absolute Gasteiger partial charge is 0.244 e. The third kappa shape index (κ3) is 2.31. The summed E-state index contributed by atoms with van der Waals surface area (Å²) in [5, 5.41) is 14.6. The van der Waals surface area contributed by atoms with E-state index in [1.807, 2.05) is 6.07 Å². The van der Waals surface area contributed by atoms with Gasteiger partial charge in [-0.2, -0.15) is 0 Å². The lowest BCUT2D eigenvalue weighted by molar-refractivity contribution is -0.440. The van der Waals surface area contributed by atoms with Crippen molar-refractivity contribution in [3.8, 4) is 0 Å². The van der Waals surface area contributed by atoms with Crippen LogP contribution < -0.4 is 0 Å². The summed E-state index contributed by atoms with van der Waals surface area (Å²) >= 11 is 3.04. The molecule has 0 unspecified atom stereocenters. The first kappa shape index (κ1) is 8.20. The zero-order valence-electron chi connectivity index (χ0n) is 5.77. The Balaban J connectivity index is 2.85. The molecule has 1 aromatic rings. The van der Waals surface area contributed by atoms with E-state index >= 15 is 0 Å². The monoisotopic (exact) mass is 214 g/mol. The van der Waals surface area contributed by atoms with E-state index in [0.29, 0.717) is 16.0 Å². The molecule has 4 heteroatoms. The molecule has 1 aromatic carbocycles. The molecular weight excluding hydrogens is 208 g/mol. The summed E-state index contributed by atoms with van der Waals surface area (Å²) in [4.78, 5) is 0.592. The van der Waals surface area contributed by atoms with Crippen LogP contribution in [0.1, 0.15) is 0 Å². The summed E-state index contributed by atoms with van der Waals surface area (Å²) in [5.41, 5.74) is 0.873. The first-order valence-electron chi connectivity index (χ1n) is 3.10. The molecular formula is C7H7BrN2O. The van der Waals surface area contributed by atoms with Gasteiger partial charge in [0.25, 0.3) is 0 Å². The highest BCUT2D eigenvalue weighted by molar-refractivity contribution is 9.09. The number of para-hydroxylation sites is 1. The number of hydrogen-bond donors (Lipinski definition) is 0. The van der Waals surface area contributed by atoms with Gasteiger partial charge >= 0.3 is 0 Å². The van der Waals surface area contributed by atoms with Gasteiger partial charge in [0.15, 0.2) is 5.45 Å². The highest BCUT2D eigenvalue weighted by Gasteiger charge is 1.97. The third-order valence-electron chi connectivity index (χ3n) is 1.16. The number of benzene rings is 1. The Morgan fingerprint density at radius 2 is 2.00 bits per heavy atom. The van der Waals surface area contributed by atoms with Crippen LogP contribution in [-0.4, -0.2) is 10.3 Å². The van der Waals surface area contributed by atoms with Crippen LogP contribution in [-0.2, 0) is 0 Å². The molecule has 0 aliphatic rings. The summed E-state index contributed by atoms with van der Waals surface area (Å²) in [7, 11) is 0. The van der Waals surface area contributed by atoms with Crippen LogP contribution >= 0.6 is 15.9 Å². The molecule has 3 nitrogen and oxygen atoms in total. The van der Waals surface area contributed by atoms with E-state index in [-0.39, 0.29) is 0 Å². The van der Waals surface area contributed by atoms with E-state index in [2.05, 4.69) is 21.0 Å². The average molecular weight is 215 g/mol. The SMILES string of the molecule is [O-]/[N+](=N\CBr)c1ccccc1. The molecule has 0 aliphatic heterocycles. The molecule has 0 atom stereocenters. The number of hydrogen-bond acceptors (Lipinski definition) is 2. The zero-order valence-corrected chi connectivity index (χ0v) is 7.36. The summed E-state index contributed by atoms with van der Waals surface area (Å²) in [6.07, 6.45) is 0. The van der Waals surface area contributed by atoms with E-state index in [1.54, 1.807) is 24.3 Å². The van der Waals surface area contributed by atoms with E-state index in [9.17, 15) is 5.21 Å². The van der Waals surface area contributed by atoms with Crippen molar-refractivity contribution < 1.29 is 4.86 Å². The van der Waals surface area contributed by atoms with E-state index in [0.717, 1.165) is 0 Å². The lowest BCUT2D eigenvalue weighted by atomic mass is 10.3. The van der Waals surface area contributed by atoms with Crippen molar-refractivity contribution in [2.24, 2.45) is 5.11 Å². The first-order chi connectivity index (χ1) is 5.34. The maximum absolute atomic E-state index is 11.0. The van der Waals surface area contributed by atoms with Crippen LogP contribution in [0, 0.1) is 5.21 Å². The summed E-state index contributed by atoms with van der Waals surface area (Å²) in [6, 6.07) is 8.86. The highest BCUT2D eigenvalue weighted by atomic mass is 79.9. The minimum atomic E-state index is 0.325. The molecule has 0 fully saturated rings. The zero-order chi connectivity index (χ0) is 8.10. The molecule has 0 spiro atoms. The predicted octanol–water partition coefficient (Wildman–Crippen LogP) is 2.63. The molecule has 0 bridgehead atoms. The fraction of sp³-hybridized carbons (Fsp3) is 0.143. The Bertz CT molecular complexity index is 248. The van der Waals surface area contributed by atoms with Crippen molar-refractivity contribution in [3.05, 3.63) is 35.5 Å². The maximum Gasteiger partial charge on any atom is 0.244 e. The van der Waals surface area contributed by atoms with E-state index in [1.165, 1.54) is 0 Å². The Labute approximate surface area is 73.1 Å². The molecule has 0 amide bonds. The minimum absolute atomic E-state index is 0.325. The van der Waals surface area contributed by atoms with Gasteiger partial charge in [0.1, 0.15) is 0 Å². The Kier molecular flexibility index (Phi) is 3.04. The molecule has 0 saturated heterocycles. The molecule has 0 N–H and O–H groups in total. The second-order valence-electron chi connectivity index (χ2n) is 1.87. The Morgan fingerprint density at radius 3 is 2.55 bits per heavy atom. The van der Waals surface area contributed by atoms with Crippen molar-refractivity contribution >= 4 is 21.6 Å². The van der Waals surface area contributed by atoms with Gasteiger partial charge < -0.3 is 5.21 Å². The standard InChI is InChI=1S/C7H7BrN2O/c8-6-9-10(11)7-4-2-1-3-5-7/h1-5H,6H2/b10-9-. The van der Waals surface area contributed by atoms with Crippen molar-refractivity contribution in [3.63, 3.8) is 0 Å². The van der Waals surface area contributed by atoms with Crippen molar-refractivity contribution in [2.45, 2.75) is 0 Å². The predicted molar refractivity (Wildman–Crippen MR) is 46.0 cm³/mol. The highest BCUT2D eigenvalue weighted by Crippen LogP contribution is 2.09. The quantitative estimate of drug-likeness (QED) is 0.245. The van der Waals surface area contributed by atoms with Gasteiger partial charge in [0.05, 0.1) is 0 Å². The van der Waals surface area contributed by atoms with E-state index < -0.39 is 0 Å². The van der Waals surface area contributed by atoms with Crippen LogP contribution in [0.25, 0.3) is 0 Å². The number of halogens is 1. The lowest BCUT2D eigenvalue weighted by Gasteiger charge is -1.96. The first-order valence-corrected chi connectivity index (χ1v) is 4.22. The topological polar surface area (TPSA) is 38.4 Å². The van der Waals surface area contributed by atoms with Crippen LogP contribution in [0.15, 0.2) is 35.4 Å². The Hall–Kier alpha value is -0.900. The minimum Gasteiger partial charge on any atom is -0.594 e. The van der Waals surface area contributed by atoms with Crippen molar-refractivity contribution in [1.29, 1.82) is 0 Å². The van der Waals surface area contributed by atoms with Gasteiger partial charge in [-0.05, 0) is 5.11 Å². The third-order valence-corrected chi connectivity index (χ3v) is 1.38. The summed E-state index contributed by atoms with van der Waals surface area (Å²) < 4.78 is 0. The second kappa shape index (κ2) is 4.08. The molecule has 0 heterocycles. The number of rotatable bonds is 2. The molecule has 58 valence electrons. The van der Waals surface area contributed by atoms with Gasteiger partial charge in [-0.1, -0.05) is 39.0 Å². The number of alkyl halides is 1. The van der Waals surface area contributed by atoms with Crippen LogP contribution in [0.3, 0.4) is 0 Å². The summed E-state index contributed by atoms with van der Waals surface area (Å²) in [5.74, 6) is 0. The molecule has 1 rings (SSSR count). The average Bonchev–Trinajstić information content (AvgIpc) is 2.07. The summed E-state index contributed by atoms with van der Waals surface area (Å²) in [6.45, 7) is 0.